The summed E-state index contributed by atoms with van der Waals surface area (Å²) in [6.07, 6.45) is 8.84. The quantitative estimate of drug-likeness (QED) is 0.490. The van der Waals surface area contributed by atoms with E-state index in [0.29, 0.717) is 0 Å². The minimum atomic E-state index is 0.740. The Labute approximate surface area is 94.7 Å². The minimum absolute atomic E-state index is 0.740. The van der Waals surface area contributed by atoms with Crippen LogP contribution in [-0.4, -0.2) is 5.84 Å². The van der Waals surface area contributed by atoms with E-state index in [1.807, 2.05) is 31.2 Å². The molecule has 0 saturated carbocycles. The van der Waals surface area contributed by atoms with E-state index in [-0.39, 0.29) is 0 Å². The van der Waals surface area contributed by atoms with Crippen LogP contribution in [0.25, 0.3) is 0 Å². The average Bonchev–Trinajstić information content (AvgIpc) is 2.69. The third-order valence-corrected chi connectivity index (χ3v) is 2.39. The number of rotatable bonds is 4. The minimum Gasteiger partial charge on any atom is -0.285 e. The van der Waals surface area contributed by atoms with Crippen LogP contribution in [0.5, 0.6) is 0 Å². The zero-order valence-corrected chi connectivity index (χ0v) is 9.17. The Bertz CT molecular complexity index is 459. The van der Waals surface area contributed by atoms with Gasteiger partial charge in [-0.05, 0) is 18.6 Å². The fraction of sp³-hybridized carbons (Fsp3) is 0.167. The van der Waals surface area contributed by atoms with Crippen molar-refractivity contribution in [1.29, 1.82) is 0 Å². The fourth-order valence-corrected chi connectivity index (χ4v) is 1.42. The molecule has 0 unspecified atom stereocenters. The summed E-state index contributed by atoms with van der Waals surface area (Å²) in [6, 6.07) is 0. The van der Waals surface area contributed by atoms with Crippen molar-refractivity contribution in [3.8, 4) is 0 Å². The zero-order chi connectivity index (χ0) is 11.4. The van der Waals surface area contributed by atoms with Gasteiger partial charge in [-0.3, -0.25) is 5.43 Å². The Kier molecular flexibility index (Phi) is 3.05. The molecule has 0 aromatic rings. The molecule has 0 radical (unpaired) electrons. The van der Waals surface area contributed by atoms with Crippen LogP contribution in [0.4, 0.5) is 0 Å². The Morgan fingerprint density at radius 1 is 1.62 bits per heavy atom. The van der Waals surface area contributed by atoms with Crippen LogP contribution in [0, 0.1) is 0 Å². The van der Waals surface area contributed by atoms with Gasteiger partial charge in [0.15, 0.2) is 5.84 Å². The molecule has 16 heavy (non-hydrogen) atoms. The summed E-state index contributed by atoms with van der Waals surface area (Å²) < 4.78 is 0. The molecular formula is C12H14N4. The van der Waals surface area contributed by atoms with E-state index in [9.17, 15) is 0 Å². The van der Waals surface area contributed by atoms with Gasteiger partial charge < -0.3 is 0 Å². The van der Waals surface area contributed by atoms with Gasteiger partial charge in [0.05, 0.1) is 0 Å². The van der Waals surface area contributed by atoms with E-state index < -0.39 is 0 Å². The Morgan fingerprint density at radius 3 is 2.94 bits per heavy atom. The van der Waals surface area contributed by atoms with Crippen molar-refractivity contribution in [2.24, 2.45) is 5.10 Å². The van der Waals surface area contributed by atoms with E-state index in [1.165, 1.54) is 0 Å². The normalized spacial score (nSPS) is 18.7. The van der Waals surface area contributed by atoms with Crippen molar-refractivity contribution in [3.05, 3.63) is 53.3 Å². The van der Waals surface area contributed by atoms with Gasteiger partial charge in [-0.1, -0.05) is 24.8 Å². The fourth-order valence-electron chi connectivity index (χ4n) is 1.42. The van der Waals surface area contributed by atoms with Crippen LogP contribution in [0.3, 0.4) is 0 Å². The molecule has 1 aliphatic carbocycles. The number of allylic oxidation sites excluding steroid dienone is 4. The molecule has 0 fully saturated rings. The van der Waals surface area contributed by atoms with E-state index in [0.717, 1.165) is 29.0 Å². The molecule has 3 N–H and O–H groups in total. The molecule has 2 aliphatic rings. The molecule has 4 nitrogen and oxygen atoms in total. The summed E-state index contributed by atoms with van der Waals surface area (Å²) in [5.74, 6) is 0.740. The van der Waals surface area contributed by atoms with Crippen molar-refractivity contribution in [2.75, 3.05) is 0 Å². The SMILES string of the molecule is C=C(C1=C=CC1)/C(=C\C=C/C)C1=NNNN1. The van der Waals surface area contributed by atoms with Crippen LogP contribution in [0.2, 0.25) is 0 Å². The van der Waals surface area contributed by atoms with Crippen molar-refractivity contribution < 1.29 is 0 Å². The number of hydrogen-bond donors (Lipinski definition) is 3. The van der Waals surface area contributed by atoms with E-state index in [1.54, 1.807) is 0 Å². The molecule has 82 valence electrons. The summed E-state index contributed by atoms with van der Waals surface area (Å²) in [6.45, 7) is 6.05. The van der Waals surface area contributed by atoms with Crippen LogP contribution in [0.15, 0.2) is 58.4 Å². The number of nitrogens with zero attached hydrogens (tertiary/aromatic N) is 1. The lowest BCUT2D eigenvalue weighted by Crippen LogP contribution is -2.35. The van der Waals surface area contributed by atoms with Gasteiger partial charge in [-0.2, -0.15) is 0 Å². The molecule has 0 saturated heterocycles. The van der Waals surface area contributed by atoms with Crippen molar-refractivity contribution in [1.82, 2.24) is 16.5 Å². The summed E-state index contributed by atoms with van der Waals surface area (Å²) in [5, 5.41) is 4.08. The van der Waals surface area contributed by atoms with Gasteiger partial charge >= 0.3 is 0 Å². The first-order chi connectivity index (χ1) is 7.83. The number of hydrogen-bond acceptors (Lipinski definition) is 4. The van der Waals surface area contributed by atoms with Crippen molar-refractivity contribution in [2.45, 2.75) is 13.3 Å². The van der Waals surface area contributed by atoms with Crippen LogP contribution >= 0.6 is 0 Å². The van der Waals surface area contributed by atoms with Crippen LogP contribution in [-0.2, 0) is 0 Å². The van der Waals surface area contributed by atoms with E-state index in [2.05, 4.69) is 33.9 Å². The second-order valence-electron chi connectivity index (χ2n) is 3.44. The lowest BCUT2D eigenvalue weighted by molar-refractivity contribution is 0.577. The first-order valence-electron chi connectivity index (χ1n) is 5.13. The second-order valence-corrected chi connectivity index (χ2v) is 3.44. The highest BCUT2D eigenvalue weighted by Gasteiger charge is 2.17. The van der Waals surface area contributed by atoms with E-state index >= 15 is 0 Å². The molecule has 1 aliphatic heterocycles. The Morgan fingerprint density at radius 2 is 2.44 bits per heavy atom. The van der Waals surface area contributed by atoms with Gasteiger partial charge in [0, 0.05) is 17.6 Å². The smallest absolute Gasteiger partial charge is 0.171 e. The molecule has 1 heterocycles. The van der Waals surface area contributed by atoms with Gasteiger partial charge in [0.2, 0.25) is 0 Å². The first kappa shape index (κ1) is 10.5. The lowest BCUT2D eigenvalue weighted by Gasteiger charge is -2.13. The van der Waals surface area contributed by atoms with Crippen LogP contribution in [0.1, 0.15) is 13.3 Å². The number of hydrazone groups is 1. The number of amidine groups is 1. The summed E-state index contributed by atoms with van der Waals surface area (Å²) in [5.41, 5.74) is 14.5. The number of hydrazine groups is 2. The summed E-state index contributed by atoms with van der Waals surface area (Å²) >= 11 is 0. The molecule has 0 aromatic carbocycles. The molecule has 0 bridgehead atoms. The molecule has 2 rings (SSSR count). The maximum Gasteiger partial charge on any atom is 0.171 e. The highest BCUT2D eigenvalue weighted by Crippen LogP contribution is 2.25. The first-order valence-corrected chi connectivity index (χ1v) is 5.13. The van der Waals surface area contributed by atoms with Crippen molar-refractivity contribution in [3.63, 3.8) is 0 Å². The van der Waals surface area contributed by atoms with Gasteiger partial charge in [-0.25, -0.2) is 5.53 Å². The highest BCUT2D eigenvalue weighted by molar-refractivity contribution is 6.03. The van der Waals surface area contributed by atoms with Gasteiger partial charge in [0.1, 0.15) is 0 Å². The highest BCUT2D eigenvalue weighted by atomic mass is 15.8. The summed E-state index contributed by atoms with van der Waals surface area (Å²) in [7, 11) is 0. The maximum atomic E-state index is 4.08. The lowest BCUT2D eigenvalue weighted by atomic mass is 9.92. The monoisotopic (exact) mass is 214 g/mol. The second kappa shape index (κ2) is 4.66. The standard InChI is InChI=1S/C12H14N4/c1-3-4-8-11(12-13-15-16-14-12)9(2)10-6-5-7-10/h3-5,8,15-16H,2,6H2,1H3,(H,13,14)/b4-3-,11-8+. The van der Waals surface area contributed by atoms with Gasteiger partial charge in [0.25, 0.3) is 0 Å². The predicted octanol–water partition coefficient (Wildman–Crippen LogP) is 1.46. The topological polar surface area (TPSA) is 48.5 Å². The zero-order valence-electron chi connectivity index (χ0n) is 9.17. The third kappa shape index (κ3) is 1.98. The molecule has 0 spiro atoms. The van der Waals surface area contributed by atoms with Gasteiger partial charge in [-0.15, -0.1) is 16.4 Å². The summed E-state index contributed by atoms with van der Waals surface area (Å²) in [4.78, 5) is 0. The van der Waals surface area contributed by atoms with Crippen LogP contribution < -0.4 is 16.5 Å². The largest absolute Gasteiger partial charge is 0.285 e. The molecular weight excluding hydrogens is 200 g/mol. The molecule has 0 amide bonds. The van der Waals surface area contributed by atoms with Crippen molar-refractivity contribution >= 4 is 5.84 Å². The molecule has 0 atom stereocenters. The number of nitrogens with one attached hydrogen (secondary N) is 3. The molecule has 4 heteroatoms. The Hall–Kier alpha value is -2.03. The van der Waals surface area contributed by atoms with E-state index in [4.69, 9.17) is 0 Å². The molecule has 0 aromatic heterocycles. The average molecular weight is 214 g/mol. The maximum absolute atomic E-state index is 4.08. The predicted molar refractivity (Wildman–Crippen MR) is 65.1 cm³/mol. The third-order valence-electron chi connectivity index (χ3n) is 2.39. The Balaban J connectivity index is 2.27.